The predicted molar refractivity (Wildman–Crippen MR) is 123 cm³/mol. The Morgan fingerprint density at radius 2 is 1.59 bits per heavy atom. The number of hydrogen-bond donors (Lipinski definition) is 1. The molecule has 2 aliphatic rings. The summed E-state index contributed by atoms with van der Waals surface area (Å²) in [5.41, 5.74) is 0.237. The number of thiophene rings is 1. The minimum atomic E-state index is -3.72. The third kappa shape index (κ3) is 4.76. The molecule has 0 radical (unpaired) electrons. The number of sulfonamides is 2. The van der Waals surface area contributed by atoms with Crippen molar-refractivity contribution in [2.75, 3.05) is 31.5 Å². The SMILES string of the molecule is O=C(Nc1ccccc1S(=O)(=O)N1CCCCC1)C1CCCN(S(=O)(=O)c2cccs2)C1. The van der Waals surface area contributed by atoms with Crippen LogP contribution in [0.4, 0.5) is 5.69 Å². The van der Waals surface area contributed by atoms with Crippen LogP contribution in [0.1, 0.15) is 32.1 Å². The number of nitrogens with one attached hydrogen (secondary N) is 1. The highest BCUT2D eigenvalue weighted by atomic mass is 32.2. The van der Waals surface area contributed by atoms with Crippen molar-refractivity contribution < 1.29 is 21.6 Å². The van der Waals surface area contributed by atoms with Gasteiger partial charge in [0, 0.05) is 26.2 Å². The molecule has 1 N–H and O–H groups in total. The second-order valence-electron chi connectivity index (χ2n) is 8.08. The number of carbonyl (C=O) groups excluding carboxylic acids is 1. The summed E-state index contributed by atoms with van der Waals surface area (Å²) in [5, 5.41) is 4.48. The Kier molecular flexibility index (Phi) is 7.01. The highest BCUT2D eigenvalue weighted by Crippen LogP contribution is 2.30. The maximum Gasteiger partial charge on any atom is 0.252 e. The Bertz CT molecular complexity index is 1160. The molecule has 1 atom stereocenters. The number of carbonyl (C=O) groups is 1. The van der Waals surface area contributed by atoms with E-state index in [4.69, 9.17) is 0 Å². The molecule has 8 nitrogen and oxygen atoms in total. The molecule has 0 saturated carbocycles. The molecule has 2 saturated heterocycles. The molecule has 2 fully saturated rings. The molecule has 32 heavy (non-hydrogen) atoms. The van der Waals surface area contributed by atoms with Crippen LogP contribution in [-0.4, -0.2) is 57.5 Å². The fourth-order valence-corrected chi connectivity index (χ4v) is 8.52. The average molecular weight is 498 g/mol. The molecule has 1 amide bonds. The number of para-hydroxylation sites is 1. The molecule has 174 valence electrons. The van der Waals surface area contributed by atoms with E-state index in [0.717, 1.165) is 30.6 Å². The van der Waals surface area contributed by atoms with Gasteiger partial charge in [0.2, 0.25) is 15.9 Å². The third-order valence-electron chi connectivity index (χ3n) is 5.92. The van der Waals surface area contributed by atoms with Crippen LogP contribution in [0, 0.1) is 5.92 Å². The molecule has 11 heteroatoms. The van der Waals surface area contributed by atoms with Crippen molar-refractivity contribution in [1.29, 1.82) is 0 Å². The van der Waals surface area contributed by atoms with Gasteiger partial charge >= 0.3 is 0 Å². The van der Waals surface area contributed by atoms with Crippen molar-refractivity contribution in [2.24, 2.45) is 5.92 Å². The van der Waals surface area contributed by atoms with E-state index in [-0.39, 0.29) is 27.2 Å². The Morgan fingerprint density at radius 1 is 0.875 bits per heavy atom. The smallest absolute Gasteiger partial charge is 0.252 e. The monoisotopic (exact) mass is 497 g/mol. The maximum atomic E-state index is 13.2. The van der Waals surface area contributed by atoms with Crippen LogP contribution in [0.2, 0.25) is 0 Å². The van der Waals surface area contributed by atoms with Crippen LogP contribution < -0.4 is 5.32 Å². The van der Waals surface area contributed by atoms with E-state index in [1.807, 2.05) is 0 Å². The maximum absolute atomic E-state index is 13.2. The largest absolute Gasteiger partial charge is 0.325 e. The molecule has 0 aliphatic carbocycles. The van der Waals surface area contributed by atoms with Gasteiger partial charge in [-0.05, 0) is 49.3 Å². The normalized spacial score (nSPS) is 21.3. The van der Waals surface area contributed by atoms with Crippen LogP contribution in [0.5, 0.6) is 0 Å². The van der Waals surface area contributed by atoms with Gasteiger partial charge in [0.05, 0.1) is 11.6 Å². The van der Waals surface area contributed by atoms with Crippen LogP contribution >= 0.6 is 11.3 Å². The number of anilines is 1. The molecule has 3 heterocycles. The predicted octanol–water partition coefficient (Wildman–Crippen LogP) is 2.96. The van der Waals surface area contributed by atoms with Crippen LogP contribution in [0.3, 0.4) is 0 Å². The Morgan fingerprint density at radius 3 is 2.31 bits per heavy atom. The first kappa shape index (κ1) is 23.4. The first-order valence-electron chi connectivity index (χ1n) is 10.7. The summed E-state index contributed by atoms with van der Waals surface area (Å²) in [5.74, 6) is -0.915. The van der Waals surface area contributed by atoms with E-state index in [9.17, 15) is 21.6 Å². The van der Waals surface area contributed by atoms with Crippen LogP contribution in [0.25, 0.3) is 0 Å². The van der Waals surface area contributed by atoms with Gasteiger partial charge in [-0.2, -0.15) is 8.61 Å². The molecule has 2 aromatic rings. The molecule has 1 unspecified atom stereocenters. The lowest BCUT2D eigenvalue weighted by molar-refractivity contribution is -0.120. The summed E-state index contributed by atoms with van der Waals surface area (Å²) >= 11 is 1.15. The number of hydrogen-bond acceptors (Lipinski definition) is 6. The van der Waals surface area contributed by atoms with Crippen LogP contribution in [-0.2, 0) is 24.8 Å². The van der Waals surface area contributed by atoms with Crippen molar-refractivity contribution >= 4 is 43.0 Å². The van der Waals surface area contributed by atoms with E-state index < -0.39 is 26.0 Å². The molecule has 2 aliphatic heterocycles. The van der Waals surface area contributed by atoms with Crippen molar-refractivity contribution in [1.82, 2.24) is 8.61 Å². The van der Waals surface area contributed by atoms with E-state index in [1.165, 1.54) is 14.7 Å². The lowest BCUT2D eigenvalue weighted by Gasteiger charge is -2.31. The molecule has 4 rings (SSSR count). The van der Waals surface area contributed by atoms with Gasteiger partial charge in [0.15, 0.2) is 0 Å². The van der Waals surface area contributed by atoms with E-state index in [0.29, 0.717) is 32.5 Å². The van der Waals surface area contributed by atoms with Gasteiger partial charge in [0.1, 0.15) is 9.10 Å². The summed E-state index contributed by atoms with van der Waals surface area (Å²) in [4.78, 5) is 13.1. The second-order valence-corrected chi connectivity index (χ2v) is 13.1. The minimum absolute atomic E-state index is 0.0765. The summed E-state index contributed by atoms with van der Waals surface area (Å²) in [6, 6.07) is 9.66. The minimum Gasteiger partial charge on any atom is -0.325 e. The molecule has 1 aromatic heterocycles. The molecular weight excluding hydrogens is 470 g/mol. The Labute approximate surface area is 193 Å². The van der Waals surface area contributed by atoms with E-state index in [2.05, 4.69) is 5.32 Å². The van der Waals surface area contributed by atoms with Gasteiger partial charge in [-0.15, -0.1) is 11.3 Å². The number of rotatable bonds is 6. The zero-order chi connectivity index (χ0) is 22.8. The van der Waals surface area contributed by atoms with Gasteiger partial charge in [-0.1, -0.05) is 24.6 Å². The molecule has 0 bridgehead atoms. The van der Waals surface area contributed by atoms with Crippen molar-refractivity contribution in [3.8, 4) is 0 Å². The van der Waals surface area contributed by atoms with E-state index >= 15 is 0 Å². The summed E-state index contributed by atoms with van der Waals surface area (Å²) in [6.45, 7) is 1.39. The van der Waals surface area contributed by atoms with E-state index in [1.54, 1.807) is 35.7 Å². The van der Waals surface area contributed by atoms with Gasteiger partial charge in [-0.3, -0.25) is 4.79 Å². The lowest BCUT2D eigenvalue weighted by atomic mass is 9.99. The number of amides is 1. The Balaban J connectivity index is 1.51. The summed E-state index contributed by atoms with van der Waals surface area (Å²) in [7, 11) is -7.35. The Hall–Kier alpha value is -1.79. The topological polar surface area (TPSA) is 104 Å². The van der Waals surface area contributed by atoms with Crippen LogP contribution in [0.15, 0.2) is 50.9 Å². The zero-order valence-electron chi connectivity index (χ0n) is 17.6. The average Bonchev–Trinajstić information content (AvgIpc) is 3.36. The molecule has 1 aromatic carbocycles. The zero-order valence-corrected chi connectivity index (χ0v) is 20.1. The van der Waals surface area contributed by atoms with Gasteiger partial charge in [0.25, 0.3) is 10.0 Å². The summed E-state index contributed by atoms with van der Waals surface area (Å²) < 4.78 is 55.1. The standard InChI is InChI=1S/C21H27N3O5S3/c25-21(17-8-6-14-24(16-17)32(28,29)20-11-7-15-30-20)22-18-9-2-3-10-19(18)31(26,27)23-12-4-1-5-13-23/h2-3,7,9-11,15,17H,1,4-6,8,12-14,16H2,(H,22,25). The van der Waals surface area contributed by atoms with Gasteiger partial charge in [-0.25, -0.2) is 16.8 Å². The first-order valence-corrected chi connectivity index (χ1v) is 14.5. The first-order chi connectivity index (χ1) is 15.3. The highest BCUT2D eigenvalue weighted by molar-refractivity contribution is 7.91. The number of piperidine rings is 2. The van der Waals surface area contributed by atoms with Crippen molar-refractivity contribution in [2.45, 2.75) is 41.2 Å². The molecular formula is C21H27N3O5S3. The van der Waals surface area contributed by atoms with Crippen molar-refractivity contribution in [3.63, 3.8) is 0 Å². The van der Waals surface area contributed by atoms with Gasteiger partial charge < -0.3 is 5.32 Å². The fraction of sp³-hybridized carbons (Fsp3) is 0.476. The van der Waals surface area contributed by atoms with Crippen molar-refractivity contribution in [3.05, 3.63) is 41.8 Å². The number of benzene rings is 1. The lowest BCUT2D eigenvalue weighted by Crippen LogP contribution is -2.43. The molecule has 0 spiro atoms. The number of nitrogens with zero attached hydrogens (tertiary/aromatic N) is 2. The second kappa shape index (κ2) is 9.60. The fourth-order valence-electron chi connectivity index (χ4n) is 4.19. The highest BCUT2D eigenvalue weighted by Gasteiger charge is 2.35. The quantitative estimate of drug-likeness (QED) is 0.661. The summed E-state index contributed by atoms with van der Waals surface area (Å²) in [6.07, 6.45) is 3.77. The third-order valence-corrected chi connectivity index (χ3v) is 11.1.